The molecule has 0 spiro atoms. The normalized spacial score (nSPS) is 20.7. The summed E-state index contributed by atoms with van der Waals surface area (Å²) >= 11 is 0. The summed E-state index contributed by atoms with van der Waals surface area (Å²) in [5.41, 5.74) is 3.70. The van der Waals surface area contributed by atoms with E-state index in [1.807, 2.05) is 48.2 Å². The van der Waals surface area contributed by atoms with Gasteiger partial charge in [0.15, 0.2) is 0 Å². The molecule has 1 aromatic carbocycles. The number of benzene rings is 1. The predicted octanol–water partition coefficient (Wildman–Crippen LogP) is 3.11. The highest BCUT2D eigenvalue weighted by atomic mass is 16.5. The molecule has 0 unspecified atom stereocenters. The van der Waals surface area contributed by atoms with Gasteiger partial charge < -0.3 is 19.9 Å². The van der Waals surface area contributed by atoms with Gasteiger partial charge in [0.25, 0.3) is 0 Å². The molecular formula is C20H22N4O3. The molecule has 7 nitrogen and oxygen atoms in total. The maximum absolute atomic E-state index is 12.7. The Bertz CT molecular complexity index is 871. The average molecular weight is 366 g/mol. The van der Waals surface area contributed by atoms with Gasteiger partial charge in [-0.3, -0.25) is 4.98 Å². The number of nitrogens with zero attached hydrogens (tertiary/aromatic N) is 3. The number of urea groups is 1. The van der Waals surface area contributed by atoms with Gasteiger partial charge >= 0.3 is 12.1 Å². The van der Waals surface area contributed by atoms with Crippen LogP contribution in [-0.4, -0.2) is 59.2 Å². The monoisotopic (exact) mass is 366 g/mol. The van der Waals surface area contributed by atoms with Crippen LogP contribution in [-0.2, 0) is 4.74 Å². The van der Waals surface area contributed by atoms with Crippen LogP contribution in [0.25, 0.3) is 11.3 Å². The number of methoxy groups -OCH3 is 1. The predicted molar refractivity (Wildman–Crippen MR) is 101 cm³/mol. The van der Waals surface area contributed by atoms with Crippen LogP contribution in [0.1, 0.15) is 12.0 Å². The molecule has 2 aliphatic rings. The van der Waals surface area contributed by atoms with Crippen LogP contribution < -0.4 is 5.32 Å². The minimum Gasteiger partial charge on any atom is -0.453 e. The summed E-state index contributed by atoms with van der Waals surface area (Å²) in [6, 6.07) is 11.5. The number of likely N-dealkylation sites (tertiary alicyclic amines) is 2. The van der Waals surface area contributed by atoms with Crippen molar-refractivity contribution in [2.75, 3.05) is 25.5 Å². The van der Waals surface area contributed by atoms with E-state index in [0.717, 1.165) is 28.9 Å². The van der Waals surface area contributed by atoms with Gasteiger partial charge in [-0.15, -0.1) is 0 Å². The third-order valence-electron chi connectivity index (χ3n) is 5.34. The minimum absolute atomic E-state index is 0.0369. The maximum Gasteiger partial charge on any atom is 0.409 e. The van der Waals surface area contributed by atoms with Crippen molar-refractivity contribution in [2.24, 2.45) is 0 Å². The number of hydrogen-bond donors (Lipinski definition) is 1. The van der Waals surface area contributed by atoms with E-state index in [2.05, 4.69) is 10.3 Å². The summed E-state index contributed by atoms with van der Waals surface area (Å²) < 4.78 is 4.81. The van der Waals surface area contributed by atoms with Crippen molar-refractivity contribution >= 4 is 17.8 Å². The molecule has 4 rings (SSSR count). The number of nitrogens with one attached hydrogen (secondary N) is 1. The van der Waals surface area contributed by atoms with Crippen LogP contribution in [0, 0.1) is 6.92 Å². The molecule has 2 aromatic rings. The molecule has 7 heteroatoms. The van der Waals surface area contributed by atoms with Crippen molar-refractivity contribution in [3.63, 3.8) is 0 Å². The van der Waals surface area contributed by atoms with E-state index in [1.165, 1.54) is 7.11 Å². The number of hydrogen-bond acceptors (Lipinski definition) is 4. The van der Waals surface area contributed by atoms with E-state index < -0.39 is 0 Å². The van der Waals surface area contributed by atoms with Gasteiger partial charge in [-0.25, -0.2) is 9.59 Å². The lowest BCUT2D eigenvalue weighted by Gasteiger charge is -2.33. The maximum atomic E-state index is 12.7. The standard InChI is InChI=1S/C20H22N4O3/c1-13-6-7-14(9-17(13)18-5-3-4-8-21-18)22-19(25)23-11-16-10-15(23)12-24(16)20(26)27-2/h3-9,15-16H,10-12H2,1-2H3,(H,22,25)/t15-,16-/m0/s1. The Hall–Kier alpha value is -3.09. The molecule has 2 bridgehead atoms. The first kappa shape index (κ1) is 17.3. The summed E-state index contributed by atoms with van der Waals surface area (Å²) in [5.74, 6) is 0. The van der Waals surface area contributed by atoms with Gasteiger partial charge in [0.1, 0.15) is 0 Å². The molecule has 0 radical (unpaired) electrons. The molecule has 3 heterocycles. The van der Waals surface area contributed by atoms with Crippen molar-refractivity contribution in [1.82, 2.24) is 14.8 Å². The molecule has 3 amide bonds. The first-order valence-corrected chi connectivity index (χ1v) is 9.01. The van der Waals surface area contributed by atoms with Crippen LogP contribution in [0.15, 0.2) is 42.6 Å². The molecule has 2 fully saturated rings. The molecule has 27 heavy (non-hydrogen) atoms. The summed E-state index contributed by atoms with van der Waals surface area (Å²) in [6.45, 7) is 3.08. The van der Waals surface area contributed by atoms with Crippen LogP contribution in [0.4, 0.5) is 15.3 Å². The molecule has 2 aliphatic heterocycles. The van der Waals surface area contributed by atoms with Gasteiger partial charge in [0.05, 0.1) is 24.9 Å². The Kier molecular flexibility index (Phi) is 4.43. The second kappa shape index (κ2) is 6.90. The second-order valence-corrected chi connectivity index (χ2v) is 6.99. The van der Waals surface area contributed by atoms with E-state index in [4.69, 9.17) is 4.74 Å². The first-order valence-electron chi connectivity index (χ1n) is 9.01. The largest absolute Gasteiger partial charge is 0.453 e. The molecule has 2 saturated heterocycles. The van der Waals surface area contributed by atoms with Crippen LogP contribution >= 0.6 is 0 Å². The summed E-state index contributed by atoms with van der Waals surface area (Å²) in [5, 5.41) is 2.99. The van der Waals surface area contributed by atoms with Gasteiger partial charge in [-0.05, 0) is 43.2 Å². The summed E-state index contributed by atoms with van der Waals surface area (Å²) in [7, 11) is 1.38. The van der Waals surface area contributed by atoms with Crippen molar-refractivity contribution in [2.45, 2.75) is 25.4 Å². The molecule has 0 aliphatic carbocycles. The zero-order valence-electron chi connectivity index (χ0n) is 15.4. The van der Waals surface area contributed by atoms with Crippen LogP contribution in [0.5, 0.6) is 0 Å². The SMILES string of the molecule is COC(=O)N1C[C@@H]2C[C@H]1CN2C(=O)Nc1ccc(C)c(-c2ccccn2)c1. The number of rotatable bonds is 2. The summed E-state index contributed by atoms with van der Waals surface area (Å²) in [6.07, 6.45) is 2.24. The zero-order chi connectivity index (χ0) is 19.0. The van der Waals surface area contributed by atoms with Gasteiger partial charge in [0.2, 0.25) is 0 Å². The summed E-state index contributed by atoms with van der Waals surface area (Å²) in [4.78, 5) is 32.4. The fraction of sp³-hybridized carbons (Fsp3) is 0.350. The number of carbonyl (C=O) groups excluding carboxylic acids is 2. The number of piperazine rings is 1. The Morgan fingerprint density at radius 2 is 1.93 bits per heavy atom. The fourth-order valence-corrected chi connectivity index (χ4v) is 3.95. The van der Waals surface area contributed by atoms with Crippen molar-refractivity contribution in [3.8, 4) is 11.3 Å². The average Bonchev–Trinajstić information content (AvgIpc) is 3.30. The molecule has 140 valence electrons. The van der Waals surface area contributed by atoms with Gasteiger partial charge in [-0.2, -0.15) is 0 Å². The molecule has 2 atom stereocenters. The highest BCUT2D eigenvalue weighted by Gasteiger charge is 2.47. The fourth-order valence-electron chi connectivity index (χ4n) is 3.95. The molecule has 1 aromatic heterocycles. The Morgan fingerprint density at radius 1 is 1.15 bits per heavy atom. The van der Waals surface area contributed by atoms with E-state index >= 15 is 0 Å². The lowest BCUT2D eigenvalue weighted by molar-refractivity contribution is 0.0967. The van der Waals surface area contributed by atoms with E-state index in [1.54, 1.807) is 11.1 Å². The molecule has 1 N–H and O–H groups in total. The zero-order valence-corrected chi connectivity index (χ0v) is 15.4. The number of pyridine rings is 1. The van der Waals surface area contributed by atoms with Gasteiger partial charge in [-0.1, -0.05) is 12.1 Å². The van der Waals surface area contributed by atoms with E-state index in [9.17, 15) is 9.59 Å². The van der Waals surface area contributed by atoms with Crippen molar-refractivity contribution in [3.05, 3.63) is 48.2 Å². The lowest BCUT2D eigenvalue weighted by atomic mass is 10.0. The first-order chi connectivity index (χ1) is 13.1. The number of fused-ring (bicyclic) bond motifs is 2. The Balaban J connectivity index is 1.46. The Labute approximate surface area is 157 Å². The van der Waals surface area contributed by atoms with E-state index in [0.29, 0.717) is 13.1 Å². The number of carbonyl (C=O) groups is 2. The van der Waals surface area contributed by atoms with E-state index in [-0.39, 0.29) is 24.2 Å². The smallest absolute Gasteiger partial charge is 0.409 e. The number of ether oxygens (including phenoxy) is 1. The molecule has 0 saturated carbocycles. The number of anilines is 1. The lowest BCUT2D eigenvalue weighted by Crippen LogP contribution is -2.51. The topological polar surface area (TPSA) is 74.8 Å². The quantitative estimate of drug-likeness (QED) is 0.886. The Morgan fingerprint density at radius 3 is 2.59 bits per heavy atom. The highest BCUT2D eigenvalue weighted by molar-refractivity contribution is 5.91. The number of aromatic nitrogens is 1. The number of amides is 3. The second-order valence-electron chi connectivity index (χ2n) is 6.99. The van der Waals surface area contributed by atoms with Crippen molar-refractivity contribution in [1.29, 1.82) is 0 Å². The highest BCUT2D eigenvalue weighted by Crippen LogP contribution is 2.32. The third kappa shape index (κ3) is 3.20. The van der Waals surface area contributed by atoms with Crippen LogP contribution in [0.2, 0.25) is 0 Å². The molecular weight excluding hydrogens is 344 g/mol. The third-order valence-corrected chi connectivity index (χ3v) is 5.34. The number of aryl methyl sites for hydroxylation is 1. The minimum atomic E-state index is -0.318. The van der Waals surface area contributed by atoms with Crippen molar-refractivity contribution < 1.29 is 14.3 Å². The van der Waals surface area contributed by atoms with Crippen LogP contribution in [0.3, 0.4) is 0 Å². The van der Waals surface area contributed by atoms with Gasteiger partial charge in [0, 0.05) is 30.5 Å².